The lowest BCUT2D eigenvalue weighted by molar-refractivity contribution is 0.402. The first kappa shape index (κ1) is 14.3. The normalized spacial score (nSPS) is 10.3. The van der Waals surface area contributed by atoms with Gasteiger partial charge in [-0.05, 0) is 33.3 Å². The highest BCUT2D eigenvalue weighted by atomic mass is 28.3. The minimum Gasteiger partial charge on any atom is -0.372 e. The van der Waals surface area contributed by atoms with Gasteiger partial charge in [0.05, 0.1) is 0 Å². The molecule has 0 heterocycles. The second-order valence-corrected chi connectivity index (χ2v) is 9.99. The molecule has 2 heteroatoms. The molecule has 0 saturated heterocycles. The first-order valence-electron chi connectivity index (χ1n) is 5.77. The molecular formula is C13H25NSi. The third-order valence-electron chi connectivity index (χ3n) is 2.22. The first-order valence-corrected chi connectivity index (χ1v) is 9.27. The predicted molar refractivity (Wildman–Crippen MR) is 71.7 cm³/mol. The second kappa shape index (κ2) is 6.02. The van der Waals surface area contributed by atoms with Crippen LogP contribution in [0.4, 0.5) is 0 Å². The Morgan fingerprint density at radius 2 is 1.47 bits per heavy atom. The van der Waals surface area contributed by atoms with Crippen LogP contribution in [0.2, 0.25) is 19.6 Å². The molecule has 0 aromatic carbocycles. The zero-order valence-electron chi connectivity index (χ0n) is 11.4. The van der Waals surface area contributed by atoms with Crippen LogP contribution in [0.25, 0.3) is 0 Å². The summed E-state index contributed by atoms with van der Waals surface area (Å²) in [6.07, 6.45) is 0. The summed E-state index contributed by atoms with van der Waals surface area (Å²) in [5.74, 6) is 0. The molecule has 0 radical (unpaired) electrons. The van der Waals surface area contributed by atoms with E-state index in [9.17, 15) is 0 Å². The fourth-order valence-electron chi connectivity index (χ4n) is 1.46. The average Bonchev–Trinajstić information content (AvgIpc) is 2.09. The van der Waals surface area contributed by atoms with E-state index < -0.39 is 8.07 Å². The summed E-state index contributed by atoms with van der Waals surface area (Å²) >= 11 is 0. The van der Waals surface area contributed by atoms with E-state index in [0.717, 1.165) is 13.1 Å². The van der Waals surface area contributed by atoms with Crippen molar-refractivity contribution >= 4 is 8.07 Å². The highest BCUT2D eigenvalue weighted by Crippen LogP contribution is 2.17. The molecule has 0 aliphatic heterocycles. The fourth-order valence-corrected chi connectivity index (χ4v) is 3.17. The van der Waals surface area contributed by atoms with Gasteiger partial charge >= 0.3 is 0 Å². The van der Waals surface area contributed by atoms with Crippen molar-refractivity contribution < 1.29 is 0 Å². The van der Waals surface area contributed by atoms with Crippen molar-refractivity contribution in [1.29, 1.82) is 0 Å². The van der Waals surface area contributed by atoms with Crippen LogP contribution >= 0.6 is 0 Å². The molecule has 0 unspecified atom stereocenters. The van der Waals surface area contributed by atoms with Crippen LogP contribution in [0.3, 0.4) is 0 Å². The van der Waals surface area contributed by atoms with Gasteiger partial charge in [0, 0.05) is 18.4 Å². The minimum absolute atomic E-state index is 1.06. The van der Waals surface area contributed by atoms with Crippen molar-refractivity contribution in [2.75, 3.05) is 13.1 Å². The van der Waals surface area contributed by atoms with Crippen molar-refractivity contribution in [1.82, 2.24) is 4.90 Å². The summed E-state index contributed by atoms with van der Waals surface area (Å²) in [4.78, 5) is 2.40. The molecule has 0 atom stereocenters. The van der Waals surface area contributed by atoms with E-state index in [-0.39, 0.29) is 0 Å². The van der Waals surface area contributed by atoms with E-state index in [4.69, 9.17) is 0 Å². The fraction of sp³-hybridized carbons (Fsp3) is 0.692. The number of hydrogen-bond acceptors (Lipinski definition) is 1. The van der Waals surface area contributed by atoms with Crippen LogP contribution in [0.5, 0.6) is 0 Å². The highest BCUT2D eigenvalue weighted by molar-refractivity contribution is 6.82. The largest absolute Gasteiger partial charge is 0.372 e. The lowest BCUT2D eigenvalue weighted by Gasteiger charge is -2.30. The van der Waals surface area contributed by atoms with E-state index in [0.29, 0.717) is 0 Å². The number of hydrogen-bond donors (Lipinski definition) is 0. The molecule has 0 saturated carbocycles. The summed E-state index contributed by atoms with van der Waals surface area (Å²) in [7, 11) is -1.30. The second-order valence-electron chi connectivity index (χ2n) is 5.02. The molecule has 0 aliphatic carbocycles. The predicted octanol–water partition coefficient (Wildman–Crippen LogP) is 3.81. The van der Waals surface area contributed by atoms with Crippen LogP contribution in [0, 0.1) is 0 Å². The lowest BCUT2D eigenvalue weighted by atomic mass is 10.4. The quantitative estimate of drug-likeness (QED) is 0.517. The van der Waals surface area contributed by atoms with Crippen molar-refractivity contribution in [2.45, 2.75) is 47.3 Å². The molecule has 15 heavy (non-hydrogen) atoms. The molecule has 0 amide bonds. The molecule has 86 valence electrons. The molecular weight excluding hydrogens is 198 g/mol. The number of rotatable bonds is 4. The van der Waals surface area contributed by atoms with E-state index in [1.807, 2.05) is 0 Å². The topological polar surface area (TPSA) is 3.24 Å². The van der Waals surface area contributed by atoms with Gasteiger partial charge in [0.1, 0.15) is 8.07 Å². The summed E-state index contributed by atoms with van der Waals surface area (Å²) in [5, 5.41) is 1.38. The number of nitrogens with zero attached hydrogens (tertiary/aromatic N) is 1. The van der Waals surface area contributed by atoms with Gasteiger partial charge in [0.15, 0.2) is 0 Å². The van der Waals surface area contributed by atoms with Crippen LogP contribution in [0.1, 0.15) is 27.7 Å². The summed E-state index contributed by atoms with van der Waals surface area (Å²) < 4.78 is 0. The molecule has 0 rings (SSSR count). The van der Waals surface area contributed by atoms with Gasteiger partial charge in [-0.1, -0.05) is 31.1 Å². The third kappa shape index (κ3) is 5.08. The Balaban J connectivity index is 5.45. The van der Waals surface area contributed by atoms with Gasteiger partial charge in [-0.25, -0.2) is 0 Å². The van der Waals surface area contributed by atoms with Crippen molar-refractivity contribution in [3.05, 3.63) is 22.4 Å². The maximum atomic E-state index is 3.38. The molecule has 0 bridgehead atoms. The Bertz CT molecular complexity index is 289. The van der Waals surface area contributed by atoms with Gasteiger partial charge in [0.2, 0.25) is 0 Å². The monoisotopic (exact) mass is 223 g/mol. The molecule has 0 N–H and O–H groups in total. The summed E-state index contributed by atoms with van der Waals surface area (Å²) in [6, 6.07) is 0. The maximum absolute atomic E-state index is 3.38. The Morgan fingerprint density at radius 1 is 1.00 bits per heavy atom. The van der Waals surface area contributed by atoms with Crippen molar-refractivity contribution in [3.8, 4) is 0 Å². The van der Waals surface area contributed by atoms with E-state index >= 15 is 0 Å². The number of allylic oxidation sites excluding steroid dienone is 1. The highest BCUT2D eigenvalue weighted by Gasteiger charge is 2.23. The smallest absolute Gasteiger partial charge is 0.109 e. The van der Waals surface area contributed by atoms with E-state index in [2.05, 4.69) is 63.7 Å². The molecule has 0 fully saturated rings. The van der Waals surface area contributed by atoms with Gasteiger partial charge in [0.25, 0.3) is 0 Å². The SMILES string of the molecule is CCN(CC)C(=C=C=C(C)C)[Si](C)(C)C. The van der Waals surface area contributed by atoms with Crippen LogP contribution < -0.4 is 0 Å². The van der Waals surface area contributed by atoms with Gasteiger partial charge in [-0.2, -0.15) is 0 Å². The summed E-state index contributed by atoms with van der Waals surface area (Å²) in [5.41, 5.74) is 7.79. The van der Waals surface area contributed by atoms with Gasteiger partial charge in [-0.15, -0.1) is 0 Å². The van der Waals surface area contributed by atoms with E-state index in [1.54, 1.807) is 0 Å². The summed E-state index contributed by atoms with van der Waals surface area (Å²) in [6.45, 7) is 17.7. The molecule has 0 aromatic rings. The van der Waals surface area contributed by atoms with E-state index in [1.165, 1.54) is 10.9 Å². The molecule has 0 spiro atoms. The van der Waals surface area contributed by atoms with Crippen LogP contribution in [-0.2, 0) is 0 Å². The third-order valence-corrected chi connectivity index (χ3v) is 4.08. The Morgan fingerprint density at radius 3 is 1.73 bits per heavy atom. The standard InChI is InChI=1S/C13H25NSi/c1-8-14(9-2)13(15(5,6)7)11-10-12(3)4/h8-9H2,1-7H3. The minimum atomic E-state index is -1.30. The van der Waals surface area contributed by atoms with Crippen molar-refractivity contribution in [3.63, 3.8) is 0 Å². The zero-order chi connectivity index (χ0) is 12.1. The van der Waals surface area contributed by atoms with Gasteiger partial charge in [-0.3, -0.25) is 0 Å². The van der Waals surface area contributed by atoms with Crippen LogP contribution in [0.15, 0.2) is 22.4 Å². The maximum Gasteiger partial charge on any atom is 0.109 e. The first-order chi connectivity index (χ1) is 6.82. The lowest BCUT2D eigenvalue weighted by Crippen LogP contribution is -2.37. The van der Waals surface area contributed by atoms with Crippen LogP contribution in [-0.4, -0.2) is 26.1 Å². The molecule has 0 aromatic heterocycles. The Labute approximate surface area is 96.2 Å². The Hall–Kier alpha value is -0.683. The molecule has 1 nitrogen and oxygen atoms in total. The zero-order valence-corrected chi connectivity index (χ0v) is 12.4. The average molecular weight is 223 g/mol. The Kier molecular flexibility index (Phi) is 5.75. The molecule has 0 aliphatic rings. The van der Waals surface area contributed by atoms with Gasteiger partial charge < -0.3 is 4.90 Å². The van der Waals surface area contributed by atoms with Crippen molar-refractivity contribution in [2.24, 2.45) is 0 Å².